The minimum atomic E-state index is -3.58. The van der Waals surface area contributed by atoms with Crippen LogP contribution < -0.4 is 4.72 Å². The highest BCUT2D eigenvalue weighted by Gasteiger charge is 2.16. The van der Waals surface area contributed by atoms with Crippen molar-refractivity contribution in [1.29, 1.82) is 0 Å². The van der Waals surface area contributed by atoms with Gasteiger partial charge < -0.3 is 9.47 Å². The fourth-order valence-electron chi connectivity index (χ4n) is 2.23. The summed E-state index contributed by atoms with van der Waals surface area (Å²) in [5, 5.41) is 0. The molecule has 0 radical (unpaired) electrons. The average Bonchev–Trinajstić information content (AvgIpc) is 2.56. The number of esters is 1. The summed E-state index contributed by atoms with van der Waals surface area (Å²) in [5.74, 6) is -0.461. The van der Waals surface area contributed by atoms with E-state index in [0.717, 1.165) is 13.1 Å². The molecule has 0 aliphatic carbocycles. The molecule has 0 amide bonds. The number of rotatable bonds is 7. The van der Waals surface area contributed by atoms with Gasteiger partial charge in [0.1, 0.15) is 0 Å². The average molecular weight is 342 g/mol. The molecule has 128 valence electrons. The molecule has 1 saturated heterocycles. The van der Waals surface area contributed by atoms with Crippen LogP contribution >= 0.6 is 0 Å². The molecule has 7 nitrogen and oxygen atoms in total. The second kappa shape index (κ2) is 8.39. The van der Waals surface area contributed by atoms with Crippen LogP contribution in [0.4, 0.5) is 0 Å². The number of hydrogen-bond donors (Lipinski definition) is 1. The van der Waals surface area contributed by atoms with E-state index in [4.69, 9.17) is 9.47 Å². The maximum Gasteiger partial charge on any atom is 0.338 e. The monoisotopic (exact) mass is 342 g/mol. The van der Waals surface area contributed by atoms with Crippen molar-refractivity contribution in [2.24, 2.45) is 0 Å². The van der Waals surface area contributed by atoms with Crippen LogP contribution in [0.3, 0.4) is 0 Å². The van der Waals surface area contributed by atoms with Crippen molar-refractivity contribution in [2.75, 3.05) is 46.0 Å². The van der Waals surface area contributed by atoms with E-state index in [1.807, 2.05) is 0 Å². The van der Waals surface area contributed by atoms with Gasteiger partial charge in [-0.1, -0.05) is 0 Å². The highest BCUT2D eigenvalue weighted by molar-refractivity contribution is 7.89. The third-order valence-electron chi connectivity index (χ3n) is 3.50. The molecule has 0 spiro atoms. The third-order valence-corrected chi connectivity index (χ3v) is 4.98. The zero-order valence-electron chi connectivity index (χ0n) is 13.2. The lowest BCUT2D eigenvalue weighted by molar-refractivity contribution is 0.0390. The maximum absolute atomic E-state index is 12.2. The molecule has 1 aliphatic heterocycles. The highest BCUT2D eigenvalue weighted by Crippen LogP contribution is 2.11. The summed E-state index contributed by atoms with van der Waals surface area (Å²) in [6.07, 6.45) is 0. The number of hydrogen-bond acceptors (Lipinski definition) is 6. The molecule has 1 aromatic rings. The number of nitrogens with zero attached hydrogens (tertiary/aromatic N) is 1. The summed E-state index contributed by atoms with van der Waals surface area (Å²) in [6.45, 7) is 5.97. The van der Waals surface area contributed by atoms with Gasteiger partial charge in [-0.3, -0.25) is 4.90 Å². The van der Waals surface area contributed by atoms with E-state index in [-0.39, 0.29) is 11.5 Å². The van der Waals surface area contributed by atoms with Gasteiger partial charge >= 0.3 is 5.97 Å². The van der Waals surface area contributed by atoms with Crippen molar-refractivity contribution in [3.05, 3.63) is 29.8 Å². The van der Waals surface area contributed by atoms with Crippen molar-refractivity contribution in [2.45, 2.75) is 11.8 Å². The molecule has 1 aliphatic rings. The van der Waals surface area contributed by atoms with Gasteiger partial charge in [-0.25, -0.2) is 17.9 Å². The minimum absolute atomic E-state index is 0.132. The molecule has 1 N–H and O–H groups in total. The first-order chi connectivity index (χ1) is 11.0. The summed E-state index contributed by atoms with van der Waals surface area (Å²) < 4.78 is 37.1. The Balaban J connectivity index is 1.89. The molecule has 0 unspecified atom stereocenters. The van der Waals surface area contributed by atoms with Crippen LogP contribution in [0.5, 0.6) is 0 Å². The number of carbonyl (C=O) groups excluding carboxylic acids is 1. The molecule has 2 rings (SSSR count). The zero-order valence-corrected chi connectivity index (χ0v) is 14.0. The maximum atomic E-state index is 12.2. The molecule has 0 bridgehead atoms. The van der Waals surface area contributed by atoms with Crippen molar-refractivity contribution in [1.82, 2.24) is 9.62 Å². The predicted octanol–water partition coefficient (Wildman–Crippen LogP) is 0.474. The summed E-state index contributed by atoms with van der Waals surface area (Å²) >= 11 is 0. The van der Waals surface area contributed by atoms with Crippen molar-refractivity contribution in [3.63, 3.8) is 0 Å². The quantitative estimate of drug-likeness (QED) is 0.725. The lowest BCUT2D eigenvalue weighted by Crippen LogP contribution is -2.41. The summed E-state index contributed by atoms with van der Waals surface area (Å²) in [7, 11) is -3.58. The Hall–Kier alpha value is -1.48. The van der Waals surface area contributed by atoms with E-state index in [2.05, 4.69) is 9.62 Å². The number of ether oxygens (including phenoxy) is 2. The van der Waals surface area contributed by atoms with Crippen LogP contribution in [0.2, 0.25) is 0 Å². The predicted molar refractivity (Wildman–Crippen MR) is 84.8 cm³/mol. The molecule has 0 atom stereocenters. The Kier molecular flexibility index (Phi) is 6.52. The second-order valence-corrected chi connectivity index (χ2v) is 6.86. The standard InChI is InChI=1S/C15H22N2O5S/c1-2-22-15(18)13-3-5-14(6-4-13)23(19,20)16-7-8-17-9-11-21-12-10-17/h3-6,16H,2,7-12H2,1H3. The largest absolute Gasteiger partial charge is 0.462 e. The first-order valence-corrected chi connectivity index (χ1v) is 9.08. The molecular weight excluding hydrogens is 320 g/mol. The van der Waals surface area contributed by atoms with E-state index in [1.165, 1.54) is 24.3 Å². The number of morpholine rings is 1. The fourth-order valence-corrected chi connectivity index (χ4v) is 3.25. The van der Waals surface area contributed by atoms with Gasteiger partial charge in [-0.15, -0.1) is 0 Å². The Morgan fingerprint density at radius 3 is 2.52 bits per heavy atom. The van der Waals surface area contributed by atoms with Gasteiger partial charge in [0.25, 0.3) is 0 Å². The van der Waals surface area contributed by atoms with E-state index in [9.17, 15) is 13.2 Å². The molecule has 1 heterocycles. The van der Waals surface area contributed by atoms with Crippen molar-refractivity contribution < 1.29 is 22.7 Å². The molecule has 8 heteroatoms. The number of carbonyl (C=O) groups is 1. The Labute approximate surface area is 136 Å². The van der Waals surface area contributed by atoms with Gasteiger partial charge in [0.15, 0.2) is 0 Å². The van der Waals surface area contributed by atoms with Gasteiger partial charge in [-0.2, -0.15) is 0 Å². The van der Waals surface area contributed by atoms with Crippen LogP contribution in [0.25, 0.3) is 0 Å². The Morgan fingerprint density at radius 1 is 1.26 bits per heavy atom. The molecule has 1 fully saturated rings. The lowest BCUT2D eigenvalue weighted by Gasteiger charge is -2.26. The minimum Gasteiger partial charge on any atom is -0.462 e. The number of benzene rings is 1. The highest BCUT2D eigenvalue weighted by atomic mass is 32.2. The first-order valence-electron chi connectivity index (χ1n) is 7.60. The zero-order chi connectivity index (χ0) is 16.7. The number of sulfonamides is 1. The summed E-state index contributed by atoms with van der Waals surface area (Å²) in [6, 6.07) is 5.72. The second-order valence-electron chi connectivity index (χ2n) is 5.10. The van der Waals surface area contributed by atoms with Crippen LogP contribution in [0.15, 0.2) is 29.2 Å². The summed E-state index contributed by atoms with van der Waals surface area (Å²) in [5.41, 5.74) is 0.333. The summed E-state index contributed by atoms with van der Waals surface area (Å²) in [4.78, 5) is 13.8. The Bertz CT molecular complexity index is 609. The van der Waals surface area contributed by atoms with Crippen LogP contribution in [-0.2, 0) is 19.5 Å². The van der Waals surface area contributed by atoms with Crippen LogP contribution in [-0.4, -0.2) is 65.3 Å². The van der Waals surface area contributed by atoms with E-state index < -0.39 is 16.0 Å². The molecule has 1 aromatic carbocycles. The molecule has 0 aromatic heterocycles. The first kappa shape index (κ1) is 17.9. The lowest BCUT2D eigenvalue weighted by atomic mass is 10.2. The topological polar surface area (TPSA) is 84.9 Å². The van der Waals surface area contributed by atoms with E-state index >= 15 is 0 Å². The smallest absolute Gasteiger partial charge is 0.338 e. The molecule has 23 heavy (non-hydrogen) atoms. The molecular formula is C15H22N2O5S. The van der Waals surface area contributed by atoms with Gasteiger partial charge in [-0.05, 0) is 31.2 Å². The Morgan fingerprint density at radius 2 is 1.91 bits per heavy atom. The SMILES string of the molecule is CCOC(=O)c1ccc(S(=O)(=O)NCCN2CCOCC2)cc1. The van der Waals surface area contributed by atoms with Gasteiger partial charge in [0, 0.05) is 26.2 Å². The van der Waals surface area contributed by atoms with E-state index in [0.29, 0.717) is 31.9 Å². The van der Waals surface area contributed by atoms with Crippen molar-refractivity contribution >= 4 is 16.0 Å². The van der Waals surface area contributed by atoms with Crippen LogP contribution in [0.1, 0.15) is 17.3 Å². The van der Waals surface area contributed by atoms with Gasteiger partial charge in [0.05, 0.1) is 30.3 Å². The van der Waals surface area contributed by atoms with Crippen LogP contribution in [0, 0.1) is 0 Å². The fraction of sp³-hybridized carbons (Fsp3) is 0.533. The third kappa shape index (κ3) is 5.28. The van der Waals surface area contributed by atoms with Crippen molar-refractivity contribution in [3.8, 4) is 0 Å². The number of nitrogens with one attached hydrogen (secondary N) is 1. The van der Waals surface area contributed by atoms with Gasteiger partial charge in [0.2, 0.25) is 10.0 Å². The molecule has 0 saturated carbocycles. The van der Waals surface area contributed by atoms with E-state index in [1.54, 1.807) is 6.92 Å². The normalized spacial score (nSPS) is 16.2.